The van der Waals surface area contributed by atoms with E-state index in [1.54, 1.807) is 24.3 Å². The van der Waals surface area contributed by atoms with Crippen LogP contribution in [0.5, 0.6) is 0 Å². The first-order valence-corrected chi connectivity index (χ1v) is 4.02. The molecule has 0 heterocycles. The van der Waals surface area contributed by atoms with Gasteiger partial charge in [0, 0.05) is 16.6 Å². The van der Waals surface area contributed by atoms with Gasteiger partial charge in [0.05, 0.1) is 0 Å². The molecule has 0 bridgehead atoms. The van der Waals surface area contributed by atoms with Crippen LogP contribution in [0.2, 0.25) is 0 Å². The summed E-state index contributed by atoms with van der Waals surface area (Å²) >= 11 is -2.28. The Labute approximate surface area is 67.5 Å². The molecule has 0 radical (unpaired) electrons. The molecule has 0 amide bonds. The maximum Gasteiger partial charge on any atom is 0.0254 e. The fourth-order valence-electron chi connectivity index (χ4n) is 0.622. The molecule has 0 aliphatic heterocycles. The Bertz CT molecular complexity index is 308. The summed E-state index contributed by atoms with van der Waals surface area (Å²) in [5, 5.41) is 2.03. The molecule has 1 aromatic rings. The van der Waals surface area contributed by atoms with Crippen LogP contribution in [0.25, 0.3) is 0 Å². The van der Waals surface area contributed by atoms with E-state index in [4.69, 9.17) is 0 Å². The predicted molar refractivity (Wildman–Crippen MR) is 42.2 cm³/mol. The first-order valence-electron chi connectivity index (χ1n) is 2.95. The monoisotopic (exact) mass is 165 g/mol. The summed E-state index contributed by atoms with van der Waals surface area (Å²) in [7, 11) is 0. The van der Waals surface area contributed by atoms with Gasteiger partial charge in [-0.05, 0) is 17.4 Å². The van der Waals surface area contributed by atoms with Crippen LogP contribution in [0.1, 0.15) is 5.56 Å². The molecular formula is C8H5O2S-. The first-order chi connectivity index (χ1) is 5.29. The van der Waals surface area contributed by atoms with Crippen LogP contribution in [0.15, 0.2) is 30.3 Å². The van der Waals surface area contributed by atoms with Gasteiger partial charge in [0.2, 0.25) is 0 Å². The van der Waals surface area contributed by atoms with Crippen LogP contribution in [-0.2, 0) is 11.1 Å². The summed E-state index contributed by atoms with van der Waals surface area (Å²) in [6.45, 7) is 0. The molecule has 0 saturated heterocycles. The molecule has 11 heavy (non-hydrogen) atoms. The Kier molecular flexibility index (Phi) is 2.84. The highest BCUT2D eigenvalue weighted by atomic mass is 32.2. The molecule has 0 aromatic heterocycles. The summed E-state index contributed by atoms with van der Waals surface area (Å²) in [4.78, 5) is 0. The van der Waals surface area contributed by atoms with E-state index in [1.807, 2.05) is 11.3 Å². The van der Waals surface area contributed by atoms with Crippen LogP contribution in [0.3, 0.4) is 0 Å². The summed E-state index contributed by atoms with van der Waals surface area (Å²) in [5.74, 6) is 2.48. The Morgan fingerprint density at radius 2 is 1.91 bits per heavy atom. The Morgan fingerprint density at radius 1 is 1.27 bits per heavy atom. The number of hydrogen-bond acceptors (Lipinski definition) is 2. The van der Waals surface area contributed by atoms with Crippen LogP contribution in [-0.4, -0.2) is 8.76 Å². The van der Waals surface area contributed by atoms with Crippen molar-refractivity contribution in [3.05, 3.63) is 35.9 Å². The van der Waals surface area contributed by atoms with Gasteiger partial charge in [-0.2, -0.15) is 0 Å². The quantitative estimate of drug-likeness (QED) is 0.423. The lowest BCUT2D eigenvalue weighted by molar-refractivity contribution is 0.548. The molecular weight excluding hydrogens is 160 g/mol. The van der Waals surface area contributed by atoms with Gasteiger partial charge in [-0.3, -0.25) is 4.21 Å². The molecule has 1 atom stereocenters. The zero-order valence-corrected chi connectivity index (χ0v) is 6.43. The van der Waals surface area contributed by atoms with Crippen molar-refractivity contribution in [2.75, 3.05) is 0 Å². The van der Waals surface area contributed by atoms with Gasteiger partial charge < -0.3 is 4.55 Å². The third-order valence-electron chi connectivity index (χ3n) is 1.05. The molecule has 1 unspecified atom stereocenters. The molecule has 0 spiro atoms. The number of hydrogen-bond donors (Lipinski definition) is 0. The summed E-state index contributed by atoms with van der Waals surface area (Å²) in [6, 6.07) is 8.95. The minimum Gasteiger partial charge on any atom is -0.762 e. The third-order valence-corrected chi connectivity index (χ3v) is 1.32. The fourth-order valence-corrected chi connectivity index (χ4v) is 0.823. The van der Waals surface area contributed by atoms with Gasteiger partial charge >= 0.3 is 0 Å². The molecule has 0 aliphatic rings. The van der Waals surface area contributed by atoms with Crippen molar-refractivity contribution >= 4 is 11.1 Å². The van der Waals surface area contributed by atoms with Crippen molar-refractivity contribution < 1.29 is 8.76 Å². The maximum absolute atomic E-state index is 10.00. The molecule has 0 aliphatic carbocycles. The average molecular weight is 165 g/mol. The van der Waals surface area contributed by atoms with Crippen molar-refractivity contribution in [3.8, 4) is 11.2 Å². The van der Waals surface area contributed by atoms with Crippen LogP contribution in [0, 0.1) is 11.2 Å². The predicted octanol–water partition coefficient (Wildman–Crippen LogP) is 0.875. The van der Waals surface area contributed by atoms with E-state index in [9.17, 15) is 8.76 Å². The topological polar surface area (TPSA) is 40.1 Å². The molecule has 0 saturated carbocycles. The molecule has 0 N–H and O–H groups in total. The zero-order chi connectivity index (χ0) is 8.10. The van der Waals surface area contributed by atoms with Crippen molar-refractivity contribution in [3.63, 3.8) is 0 Å². The second-order valence-electron chi connectivity index (χ2n) is 1.83. The average Bonchev–Trinajstić information content (AvgIpc) is 2.03. The van der Waals surface area contributed by atoms with Gasteiger partial charge in [-0.25, -0.2) is 0 Å². The Balaban J connectivity index is 2.83. The highest BCUT2D eigenvalue weighted by molar-refractivity contribution is 7.84. The molecule has 0 fully saturated rings. The second-order valence-corrected chi connectivity index (χ2v) is 2.50. The van der Waals surface area contributed by atoms with Gasteiger partial charge in [-0.1, -0.05) is 24.1 Å². The summed E-state index contributed by atoms with van der Waals surface area (Å²) in [6.07, 6.45) is 0. The number of benzene rings is 1. The lowest BCUT2D eigenvalue weighted by Gasteiger charge is -1.89. The largest absolute Gasteiger partial charge is 0.762 e. The van der Waals surface area contributed by atoms with Gasteiger partial charge in [-0.15, -0.1) is 0 Å². The lowest BCUT2D eigenvalue weighted by Crippen LogP contribution is -1.78. The molecule has 3 heteroatoms. The maximum atomic E-state index is 10.00. The van der Waals surface area contributed by atoms with Gasteiger partial charge in [0.25, 0.3) is 0 Å². The van der Waals surface area contributed by atoms with Crippen molar-refractivity contribution in [1.82, 2.24) is 0 Å². The van der Waals surface area contributed by atoms with Crippen molar-refractivity contribution in [2.45, 2.75) is 0 Å². The van der Waals surface area contributed by atoms with E-state index in [0.717, 1.165) is 0 Å². The van der Waals surface area contributed by atoms with Gasteiger partial charge in [0.15, 0.2) is 0 Å². The van der Waals surface area contributed by atoms with Crippen LogP contribution in [0.4, 0.5) is 0 Å². The van der Waals surface area contributed by atoms with E-state index in [1.165, 1.54) is 0 Å². The van der Waals surface area contributed by atoms with Crippen LogP contribution >= 0.6 is 0 Å². The van der Waals surface area contributed by atoms with Gasteiger partial charge in [0.1, 0.15) is 0 Å². The molecule has 56 valence electrons. The minimum absolute atomic E-state index is 0.705. The lowest BCUT2D eigenvalue weighted by atomic mass is 10.2. The fraction of sp³-hybridized carbons (Fsp3) is 0. The first kappa shape index (κ1) is 7.99. The van der Waals surface area contributed by atoms with E-state index in [2.05, 4.69) is 5.92 Å². The summed E-state index contributed by atoms with van der Waals surface area (Å²) < 4.78 is 20.0. The Morgan fingerprint density at radius 3 is 2.45 bits per heavy atom. The highest BCUT2D eigenvalue weighted by Gasteiger charge is 1.79. The van der Waals surface area contributed by atoms with Crippen molar-refractivity contribution in [1.29, 1.82) is 0 Å². The third kappa shape index (κ3) is 2.99. The van der Waals surface area contributed by atoms with Crippen molar-refractivity contribution in [2.24, 2.45) is 0 Å². The molecule has 2 nitrogen and oxygen atoms in total. The standard InChI is InChI=1S/C8H6O2S/c9-11(10)7-6-8-4-2-1-3-5-8/h1-5H,(H,9,10)/p-1. The normalized spacial score (nSPS) is 11.4. The van der Waals surface area contributed by atoms with E-state index in [-0.39, 0.29) is 0 Å². The second kappa shape index (κ2) is 3.91. The zero-order valence-electron chi connectivity index (χ0n) is 5.61. The highest BCUT2D eigenvalue weighted by Crippen LogP contribution is 1.94. The minimum atomic E-state index is -2.28. The SMILES string of the molecule is O=S([O-])C#Cc1ccccc1. The number of rotatable bonds is 0. The Hall–Kier alpha value is -1.11. The van der Waals surface area contributed by atoms with E-state index >= 15 is 0 Å². The summed E-state index contributed by atoms with van der Waals surface area (Å²) in [5.41, 5.74) is 0.705. The van der Waals surface area contributed by atoms with E-state index < -0.39 is 11.1 Å². The molecule has 1 aromatic carbocycles. The smallest absolute Gasteiger partial charge is 0.0254 e. The van der Waals surface area contributed by atoms with E-state index in [0.29, 0.717) is 5.56 Å². The van der Waals surface area contributed by atoms with Crippen LogP contribution < -0.4 is 0 Å². The molecule has 1 rings (SSSR count).